The summed E-state index contributed by atoms with van der Waals surface area (Å²) in [7, 11) is 0. The van der Waals surface area contributed by atoms with Crippen molar-refractivity contribution in [1.82, 2.24) is 15.0 Å². The third-order valence-corrected chi connectivity index (χ3v) is 1.77. The molecule has 64 valence electrons. The smallest absolute Gasteiger partial charge is 0.275 e. The van der Waals surface area contributed by atoms with Gasteiger partial charge in [0.2, 0.25) is 0 Å². The first-order valence-corrected chi connectivity index (χ1v) is 3.70. The van der Waals surface area contributed by atoms with Gasteiger partial charge in [0, 0.05) is 6.20 Å². The maximum absolute atomic E-state index is 11.3. The molecular weight excluding hydrogens is 168 g/mol. The van der Waals surface area contributed by atoms with E-state index in [9.17, 15) is 4.79 Å². The quantitative estimate of drug-likeness (QED) is 0.607. The van der Waals surface area contributed by atoms with Gasteiger partial charge in [-0.05, 0) is 6.92 Å². The van der Waals surface area contributed by atoms with Crippen LogP contribution < -0.4 is 5.56 Å². The molecule has 0 unspecified atom stereocenters. The third kappa shape index (κ3) is 0.999. The number of H-pyrrole nitrogens is 2. The molecule has 0 saturated carbocycles. The van der Waals surface area contributed by atoms with Crippen molar-refractivity contribution in [2.45, 2.75) is 6.92 Å². The standard InChI is InChI=1S/C8H6N4O/c1-4-11-6-5(2-9)3-10-7(6)8(13)12-4/h3,10H,1H3,(H,11,12,13). The van der Waals surface area contributed by atoms with Gasteiger partial charge in [-0.2, -0.15) is 5.26 Å². The summed E-state index contributed by atoms with van der Waals surface area (Å²) in [5.74, 6) is 0.508. The zero-order chi connectivity index (χ0) is 9.42. The molecule has 2 rings (SSSR count). The lowest BCUT2D eigenvalue weighted by Gasteiger charge is -1.91. The van der Waals surface area contributed by atoms with E-state index < -0.39 is 0 Å². The summed E-state index contributed by atoms with van der Waals surface area (Å²) in [6, 6.07) is 1.96. The summed E-state index contributed by atoms with van der Waals surface area (Å²) in [6.45, 7) is 1.68. The van der Waals surface area contributed by atoms with Crippen LogP contribution in [0.15, 0.2) is 11.0 Å². The Balaban J connectivity index is 3.00. The molecule has 5 heteroatoms. The largest absolute Gasteiger partial charge is 0.354 e. The first kappa shape index (κ1) is 7.55. The summed E-state index contributed by atoms with van der Waals surface area (Å²) in [5.41, 5.74) is 0.930. The number of aromatic nitrogens is 3. The van der Waals surface area contributed by atoms with Crippen LogP contribution in [0.5, 0.6) is 0 Å². The molecule has 2 aromatic rings. The van der Waals surface area contributed by atoms with Crippen LogP contribution in [0.25, 0.3) is 11.0 Å². The number of nitriles is 1. The van der Waals surface area contributed by atoms with Crippen LogP contribution in [0.4, 0.5) is 0 Å². The minimum Gasteiger partial charge on any atom is -0.354 e. The lowest BCUT2D eigenvalue weighted by atomic mass is 10.3. The number of aromatic amines is 2. The van der Waals surface area contributed by atoms with Gasteiger partial charge in [0.15, 0.2) is 0 Å². The number of aryl methyl sites for hydroxylation is 1. The topological polar surface area (TPSA) is 85.3 Å². The molecule has 0 atom stereocenters. The molecule has 0 bridgehead atoms. The van der Waals surface area contributed by atoms with E-state index in [4.69, 9.17) is 5.26 Å². The predicted octanol–water partition coefficient (Wildman–Crippen LogP) is 0.431. The number of hydrogen-bond donors (Lipinski definition) is 2. The Morgan fingerprint density at radius 1 is 1.62 bits per heavy atom. The minimum atomic E-state index is -0.246. The van der Waals surface area contributed by atoms with Crippen LogP contribution >= 0.6 is 0 Å². The highest BCUT2D eigenvalue weighted by Crippen LogP contribution is 2.10. The molecule has 2 heterocycles. The van der Waals surface area contributed by atoms with Crippen LogP contribution in [-0.4, -0.2) is 15.0 Å². The molecule has 13 heavy (non-hydrogen) atoms. The van der Waals surface area contributed by atoms with Gasteiger partial charge in [-0.15, -0.1) is 0 Å². The Morgan fingerprint density at radius 2 is 2.38 bits per heavy atom. The van der Waals surface area contributed by atoms with E-state index >= 15 is 0 Å². The molecular formula is C8H6N4O. The van der Waals surface area contributed by atoms with Gasteiger partial charge in [0.25, 0.3) is 5.56 Å². The Bertz CT molecular complexity index is 558. The van der Waals surface area contributed by atoms with Crippen LogP contribution in [0.3, 0.4) is 0 Å². The molecule has 0 saturated heterocycles. The number of nitrogens with zero attached hydrogens (tertiary/aromatic N) is 2. The van der Waals surface area contributed by atoms with Gasteiger partial charge in [-0.25, -0.2) is 4.98 Å². The van der Waals surface area contributed by atoms with Gasteiger partial charge in [0.1, 0.15) is 22.9 Å². The highest BCUT2D eigenvalue weighted by molar-refractivity contribution is 5.80. The second-order valence-corrected chi connectivity index (χ2v) is 2.69. The number of rotatable bonds is 0. The van der Waals surface area contributed by atoms with Crippen LogP contribution in [0.1, 0.15) is 11.4 Å². The highest BCUT2D eigenvalue weighted by Gasteiger charge is 2.07. The molecule has 0 aromatic carbocycles. The Hall–Kier alpha value is -2.09. The second-order valence-electron chi connectivity index (χ2n) is 2.69. The average Bonchev–Trinajstić information content (AvgIpc) is 2.47. The summed E-state index contributed by atoms with van der Waals surface area (Å²) < 4.78 is 0. The van der Waals surface area contributed by atoms with Crippen LogP contribution in [0.2, 0.25) is 0 Å². The maximum atomic E-state index is 11.3. The summed E-state index contributed by atoms with van der Waals surface area (Å²) in [5, 5.41) is 8.68. The van der Waals surface area contributed by atoms with E-state index in [0.29, 0.717) is 22.4 Å². The van der Waals surface area contributed by atoms with Crippen molar-refractivity contribution in [3.63, 3.8) is 0 Å². The van der Waals surface area contributed by atoms with Gasteiger partial charge in [0.05, 0.1) is 5.56 Å². The van der Waals surface area contributed by atoms with Crippen LogP contribution in [-0.2, 0) is 0 Å². The van der Waals surface area contributed by atoms with Crippen molar-refractivity contribution in [2.24, 2.45) is 0 Å². The summed E-state index contributed by atoms with van der Waals surface area (Å²) in [6.07, 6.45) is 1.48. The lowest BCUT2D eigenvalue weighted by Crippen LogP contribution is -2.09. The molecule has 2 aromatic heterocycles. The predicted molar refractivity (Wildman–Crippen MR) is 46.2 cm³/mol. The number of fused-ring (bicyclic) bond motifs is 1. The number of nitrogens with one attached hydrogen (secondary N) is 2. The molecule has 0 fully saturated rings. The minimum absolute atomic E-state index is 0.246. The van der Waals surface area contributed by atoms with Gasteiger partial charge < -0.3 is 9.97 Å². The molecule has 0 aliphatic carbocycles. The van der Waals surface area contributed by atoms with Gasteiger partial charge in [-0.3, -0.25) is 4.79 Å². The molecule has 0 amide bonds. The Labute approximate surface area is 73.0 Å². The molecule has 0 aliphatic heterocycles. The zero-order valence-corrected chi connectivity index (χ0v) is 6.88. The van der Waals surface area contributed by atoms with Crippen molar-refractivity contribution in [3.8, 4) is 6.07 Å². The fourth-order valence-electron chi connectivity index (χ4n) is 1.21. The van der Waals surface area contributed by atoms with Crippen molar-refractivity contribution in [3.05, 3.63) is 27.9 Å². The Morgan fingerprint density at radius 3 is 3.08 bits per heavy atom. The fraction of sp³-hybridized carbons (Fsp3) is 0.125. The van der Waals surface area contributed by atoms with E-state index in [0.717, 1.165) is 0 Å². The van der Waals surface area contributed by atoms with Crippen LogP contribution in [0, 0.1) is 18.3 Å². The molecule has 2 N–H and O–H groups in total. The SMILES string of the molecule is Cc1nc2c(C#N)c[nH]c2c(=O)[nH]1. The second kappa shape index (κ2) is 2.45. The third-order valence-electron chi connectivity index (χ3n) is 1.77. The van der Waals surface area contributed by atoms with E-state index in [2.05, 4.69) is 15.0 Å². The molecule has 0 spiro atoms. The average molecular weight is 174 g/mol. The van der Waals surface area contributed by atoms with Crippen molar-refractivity contribution in [2.75, 3.05) is 0 Å². The molecule has 0 radical (unpaired) electrons. The Kier molecular flexibility index (Phi) is 1.43. The first-order chi connectivity index (χ1) is 6.22. The lowest BCUT2D eigenvalue weighted by molar-refractivity contribution is 1.05. The van der Waals surface area contributed by atoms with Gasteiger partial charge in [-0.1, -0.05) is 0 Å². The molecule has 5 nitrogen and oxygen atoms in total. The van der Waals surface area contributed by atoms with E-state index in [1.807, 2.05) is 6.07 Å². The first-order valence-electron chi connectivity index (χ1n) is 3.70. The van der Waals surface area contributed by atoms with E-state index in [1.54, 1.807) is 6.92 Å². The van der Waals surface area contributed by atoms with E-state index in [-0.39, 0.29) is 5.56 Å². The zero-order valence-electron chi connectivity index (χ0n) is 6.88. The monoisotopic (exact) mass is 174 g/mol. The highest BCUT2D eigenvalue weighted by atomic mass is 16.1. The van der Waals surface area contributed by atoms with E-state index in [1.165, 1.54) is 6.20 Å². The normalized spacial score (nSPS) is 10.2. The number of hydrogen-bond acceptors (Lipinski definition) is 3. The maximum Gasteiger partial charge on any atom is 0.275 e. The summed E-state index contributed by atoms with van der Waals surface area (Å²) >= 11 is 0. The molecule has 0 aliphatic rings. The summed E-state index contributed by atoms with van der Waals surface area (Å²) in [4.78, 5) is 20.6. The van der Waals surface area contributed by atoms with Crippen molar-refractivity contribution in [1.29, 1.82) is 5.26 Å². The van der Waals surface area contributed by atoms with Crippen molar-refractivity contribution >= 4 is 11.0 Å². The fourth-order valence-corrected chi connectivity index (χ4v) is 1.21. The van der Waals surface area contributed by atoms with Gasteiger partial charge >= 0.3 is 0 Å². The van der Waals surface area contributed by atoms with Crippen molar-refractivity contribution < 1.29 is 0 Å².